The molecule has 3 heterocycles. The van der Waals surface area contributed by atoms with Crippen molar-refractivity contribution in [3.63, 3.8) is 0 Å². The van der Waals surface area contributed by atoms with E-state index in [-0.39, 0.29) is 17.8 Å². The zero-order valence-electron chi connectivity index (χ0n) is 16.1. The molecular weight excluding hydrogens is 355 g/mol. The minimum Gasteiger partial charge on any atom is -0.354 e. The lowest BCUT2D eigenvalue weighted by Crippen LogP contribution is -2.42. The Morgan fingerprint density at radius 3 is 2.89 bits per heavy atom. The van der Waals surface area contributed by atoms with E-state index < -0.39 is 0 Å². The van der Waals surface area contributed by atoms with Gasteiger partial charge in [0.15, 0.2) is 5.65 Å². The normalized spacial score (nSPS) is 17.0. The largest absolute Gasteiger partial charge is 0.354 e. The number of carbonyl (C=O) groups excluding carboxylic acids is 1. The summed E-state index contributed by atoms with van der Waals surface area (Å²) in [6.07, 6.45) is 4.73. The van der Waals surface area contributed by atoms with Crippen molar-refractivity contribution in [2.75, 3.05) is 11.9 Å². The van der Waals surface area contributed by atoms with Gasteiger partial charge in [-0.15, -0.1) is 0 Å². The van der Waals surface area contributed by atoms with Gasteiger partial charge in [0.2, 0.25) is 0 Å². The summed E-state index contributed by atoms with van der Waals surface area (Å²) in [6, 6.07) is 10.2. The number of hydrogen-bond acceptors (Lipinski definition) is 4. The average Bonchev–Trinajstić information content (AvgIpc) is 2.68. The lowest BCUT2D eigenvalue weighted by molar-refractivity contribution is 0.0636. The van der Waals surface area contributed by atoms with E-state index in [0.29, 0.717) is 22.6 Å². The highest BCUT2D eigenvalue weighted by molar-refractivity contribution is 6.07. The molecule has 3 aromatic rings. The van der Waals surface area contributed by atoms with Crippen molar-refractivity contribution in [2.45, 2.75) is 39.2 Å². The van der Waals surface area contributed by atoms with Gasteiger partial charge in [-0.05, 0) is 63.4 Å². The summed E-state index contributed by atoms with van der Waals surface area (Å²) in [4.78, 5) is 24.2. The first-order valence-corrected chi connectivity index (χ1v) is 9.63. The van der Waals surface area contributed by atoms with E-state index in [4.69, 9.17) is 0 Å². The van der Waals surface area contributed by atoms with Crippen molar-refractivity contribution in [3.05, 3.63) is 59.7 Å². The SMILES string of the molecule is Cc1ccc2c(Nc3cccc(F)c3)c(C(=O)N3CCCC[C@@H]3C)cnc2n1. The summed E-state index contributed by atoms with van der Waals surface area (Å²) >= 11 is 0. The fraction of sp³-hybridized carbons (Fsp3) is 0.318. The van der Waals surface area contributed by atoms with E-state index in [9.17, 15) is 9.18 Å². The van der Waals surface area contributed by atoms with Crippen molar-refractivity contribution < 1.29 is 9.18 Å². The number of anilines is 2. The second-order valence-electron chi connectivity index (χ2n) is 7.35. The maximum Gasteiger partial charge on any atom is 0.257 e. The van der Waals surface area contributed by atoms with Crippen LogP contribution in [0.25, 0.3) is 11.0 Å². The Morgan fingerprint density at radius 1 is 1.25 bits per heavy atom. The molecule has 0 bridgehead atoms. The molecule has 1 aliphatic rings. The lowest BCUT2D eigenvalue weighted by atomic mass is 10.0. The molecule has 1 N–H and O–H groups in total. The van der Waals surface area contributed by atoms with Crippen LogP contribution in [-0.2, 0) is 0 Å². The summed E-state index contributed by atoms with van der Waals surface area (Å²) in [5.74, 6) is -0.393. The number of nitrogens with zero attached hydrogens (tertiary/aromatic N) is 3. The average molecular weight is 378 g/mol. The number of nitrogens with one attached hydrogen (secondary N) is 1. The standard InChI is InChI=1S/C22H23FN4O/c1-14-9-10-18-20(26-17-8-5-7-16(23)12-17)19(13-24-21(18)25-14)22(28)27-11-4-3-6-15(27)2/h5,7-10,12-13,15H,3-4,6,11H2,1-2H3,(H,24,25,26)/t15-/m0/s1. The van der Waals surface area contributed by atoms with Crippen LogP contribution in [0.15, 0.2) is 42.6 Å². The molecule has 0 spiro atoms. The zero-order chi connectivity index (χ0) is 19.7. The number of hydrogen-bond donors (Lipinski definition) is 1. The Hall–Kier alpha value is -3.02. The molecule has 6 heteroatoms. The molecular formula is C22H23FN4O. The van der Waals surface area contributed by atoms with Crippen LogP contribution >= 0.6 is 0 Å². The summed E-state index contributed by atoms with van der Waals surface area (Å²) in [5, 5.41) is 3.98. The molecule has 0 aliphatic carbocycles. The third kappa shape index (κ3) is 3.54. The quantitative estimate of drug-likeness (QED) is 0.709. The Labute approximate surface area is 163 Å². The van der Waals surface area contributed by atoms with Crippen LogP contribution in [0.3, 0.4) is 0 Å². The van der Waals surface area contributed by atoms with Crippen molar-refractivity contribution in [1.82, 2.24) is 14.9 Å². The van der Waals surface area contributed by atoms with Crippen LogP contribution in [-0.4, -0.2) is 33.4 Å². The van der Waals surface area contributed by atoms with Gasteiger partial charge in [0, 0.05) is 35.6 Å². The molecule has 0 radical (unpaired) electrons. The fourth-order valence-electron chi connectivity index (χ4n) is 3.73. The molecule has 4 rings (SSSR count). The van der Waals surface area contributed by atoms with E-state index in [2.05, 4.69) is 22.2 Å². The second-order valence-corrected chi connectivity index (χ2v) is 7.35. The van der Waals surface area contributed by atoms with Crippen molar-refractivity contribution in [3.8, 4) is 0 Å². The highest BCUT2D eigenvalue weighted by Gasteiger charge is 2.27. The summed E-state index contributed by atoms with van der Waals surface area (Å²) in [6.45, 7) is 4.72. The summed E-state index contributed by atoms with van der Waals surface area (Å²) in [7, 11) is 0. The van der Waals surface area contributed by atoms with Crippen LogP contribution < -0.4 is 5.32 Å². The van der Waals surface area contributed by atoms with Crippen molar-refractivity contribution in [2.24, 2.45) is 0 Å². The fourth-order valence-corrected chi connectivity index (χ4v) is 3.73. The Kier molecular flexibility index (Phi) is 4.94. The minimum absolute atomic E-state index is 0.0546. The smallest absolute Gasteiger partial charge is 0.257 e. The Morgan fingerprint density at radius 2 is 2.11 bits per heavy atom. The van der Waals surface area contributed by atoms with Crippen LogP contribution in [0.2, 0.25) is 0 Å². The number of aryl methyl sites for hydroxylation is 1. The van der Waals surface area contributed by atoms with Gasteiger partial charge in [0.25, 0.3) is 5.91 Å². The highest BCUT2D eigenvalue weighted by Crippen LogP contribution is 2.31. The molecule has 5 nitrogen and oxygen atoms in total. The summed E-state index contributed by atoms with van der Waals surface area (Å²) < 4.78 is 13.7. The van der Waals surface area contributed by atoms with E-state index >= 15 is 0 Å². The van der Waals surface area contributed by atoms with E-state index in [0.717, 1.165) is 36.9 Å². The minimum atomic E-state index is -0.338. The zero-order valence-corrected chi connectivity index (χ0v) is 16.1. The predicted molar refractivity (Wildman–Crippen MR) is 108 cm³/mol. The van der Waals surface area contributed by atoms with Gasteiger partial charge < -0.3 is 10.2 Å². The molecule has 2 aromatic heterocycles. The van der Waals surface area contributed by atoms with Crippen LogP contribution in [0.5, 0.6) is 0 Å². The third-order valence-corrected chi connectivity index (χ3v) is 5.26. The number of carbonyl (C=O) groups is 1. The first-order valence-electron chi connectivity index (χ1n) is 9.63. The van der Waals surface area contributed by atoms with Crippen LogP contribution in [0.1, 0.15) is 42.2 Å². The number of aromatic nitrogens is 2. The molecule has 1 aromatic carbocycles. The number of halogens is 1. The topological polar surface area (TPSA) is 58.1 Å². The predicted octanol–water partition coefficient (Wildman–Crippen LogP) is 4.84. The number of benzene rings is 1. The molecule has 1 aliphatic heterocycles. The molecule has 1 atom stereocenters. The monoisotopic (exact) mass is 378 g/mol. The highest BCUT2D eigenvalue weighted by atomic mass is 19.1. The third-order valence-electron chi connectivity index (χ3n) is 5.26. The van der Waals surface area contributed by atoms with E-state index in [1.54, 1.807) is 18.3 Å². The van der Waals surface area contributed by atoms with Crippen molar-refractivity contribution in [1.29, 1.82) is 0 Å². The maximum absolute atomic E-state index is 13.7. The number of fused-ring (bicyclic) bond motifs is 1. The molecule has 0 unspecified atom stereocenters. The van der Waals surface area contributed by atoms with E-state index in [1.807, 2.05) is 24.0 Å². The Bertz CT molecular complexity index is 1040. The molecule has 28 heavy (non-hydrogen) atoms. The molecule has 144 valence electrons. The van der Waals surface area contributed by atoms with E-state index in [1.165, 1.54) is 12.1 Å². The molecule has 1 fully saturated rings. The maximum atomic E-state index is 13.7. The number of piperidine rings is 1. The van der Waals surface area contributed by atoms with Gasteiger partial charge in [0.05, 0.1) is 11.3 Å². The van der Waals surface area contributed by atoms with Gasteiger partial charge in [-0.2, -0.15) is 0 Å². The number of likely N-dealkylation sites (tertiary alicyclic amines) is 1. The number of rotatable bonds is 3. The first kappa shape index (κ1) is 18.3. The van der Waals surface area contributed by atoms with Gasteiger partial charge >= 0.3 is 0 Å². The number of amides is 1. The van der Waals surface area contributed by atoms with Crippen molar-refractivity contribution >= 4 is 28.3 Å². The summed E-state index contributed by atoms with van der Waals surface area (Å²) in [5.41, 5.74) is 3.08. The van der Waals surface area contributed by atoms with Crippen LogP contribution in [0, 0.1) is 12.7 Å². The van der Waals surface area contributed by atoms with Gasteiger partial charge in [0.1, 0.15) is 5.82 Å². The first-order chi connectivity index (χ1) is 13.5. The van der Waals surface area contributed by atoms with Gasteiger partial charge in [-0.25, -0.2) is 14.4 Å². The van der Waals surface area contributed by atoms with Gasteiger partial charge in [-0.3, -0.25) is 4.79 Å². The van der Waals surface area contributed by atoms with Gasteiger partial charge in [-0.1, -0.05) is 6.07 Å². The van der Waals surface area contributed by atoms with Crippen LogP contribution in [0.4, 0.5) is 15.8 Å². The molecule has 0 saturated carbocycles. The lowest BCUT2D eigenvalue weighted by Gasteiger charge is -2.34. The molecule has 1 saturated heterocycles. The second kappa shape index (κ2) is 7.54. The number of pyridine rings is 2. The Balaban J connectivity index is 1.83. The molecule has 1 amide bonds.